The van der Waals surface area contributed by atoms with Gasteiger partial charge in [0.25, 0.3) is 5.91 Å². The summed E-state index contributed by atoms with van der Waals surface area (Å²) < 4.78 is 5.78. The molecule has 2 amide bonds. The number of ether oxygens (including phenoxy) is 1. The molecule has 5 nitrogen and oxygen atoms in total. The molecule has 0 radical (unpaired) electrons. The molecule has 0 aliphatic carbocycles. The zero-order valence-electron chi connectivity index (χ0n) is 13.4. The molecule has 1 aliphatic heterocycles. The van der Waals surface area contributed by atoms with Crippen LogP contribution in [0.15, 0.2) is 42.5 Å². The fourth-order valence-electron chi connectivity index (χ4n) is 2.61. The molecule has 2 aromatic rings. The van der Waals surface area contributed by atoms with Crippen molar-refractivity contribution in [2.45, 2.75) is 20.0 Å². The standard InChI is InChI=1S/C18H17ClN2O3/c1-11-7-8-13(19)9-14(11)20-18(23)17-10-21(12(2)22)15-5-3-4-6-16(15)24-17/h3-9,17H,10H2,1-2H3,(H,20,23). The van der Waals surface area contributed by atoms with E-state index in [1.807, 2.05) is 19.1 Å². The van der Waals surface area contributed by atoms with Crippen molar-refractivity contribution in [2.24, 2.45) is 0 Å². The highest BCUT2D eigenvalue weighted by Crippen LogP contribution is 2.33. The van der Waals surface area contributed by atoms with E-state index in [2.05, 4.69) is 5.32 Å². The maximum absolute atomic E-state index is 12.6. The second-order valence-corrected chi connectivity index (χ2v) is 6.09. The molecule has 1 unspecified atom stereocenters. The fraction of sp³-hybridized carbons (Fsp3) is 0.222. The Morgan fingerprint density at radius 1 is 1.25 bits per heavy atom. The minimum Gasteiger partial charge on any atom is -0.476 e. The number of carbonyl (C=O) groups excluding carboxylic acids is 2. The molecule has 6 heteroatoms. The summed E-state index contributed by atoms with van der Waals surface area (Å²) in [6, 6.07) is 12.5. The van der Waals surface area contributed by atoms with Crippen LogP contribution in [0, 0.1) is 6.92 Å². The van der Waals surface area contributed by atoms with Gasteiger partial charge in [-0.3, -0.25) is 9.59 Å². The van der Waals surface area contributed by atoms with Crippen LogP contribution >= 0.6 is 11.6 Å². The van der Waals surface area contributed by atoms with E-state index in [9.17, 15) is 9.59 Å². The zero-order chi connectivity index (χ0) is 17.3. The minimum atomic E-state index is -0.790. The molecule has 0 fully saturated rings. The second kappa shape index (κ2) is 6.53. The van der Waals surface area contributed by atoms with Crippen molar-refractivity contribution in [3.63, 3.8) is 0 Å². The fourth-order valence-corrected chi connectivity index (χ4v) is 2.78. The second-order valence-electron chi connectivity index (χ2n) is 5.65. The van der Waals surface area contributed by atoms with Crippen molar-refractivity contribution in [1.29, 1.82) is 0 Å². The molecule has 0 saturated heterocycles. The summed E-state index contributed by atoms with van der Waals surface area (Å²) in [6.07, 6.45) is -0.790. The van der Waals surface area contributed by atoms with E-state index in [0.29, 0.717) is 22.1 Å². The number of fused-ring (bicyclic) bond motifs is 1. The van der Waals surface area contributed by atoms with Gasteiger partial charge < -0.3 is 15.0 Å². The molecule has 3 rings (SSSR count). The van der Waals surface area contributed by atoms with E-state index in [-0.39, 0.29) is 18.4 Å². The van der Waals surface area contributed by atoms with E-state index in [0.717, 1.165) is 5.56 Å². The summed E-state index contributed by atoms with van der Waals surface area (Å²) in [4.78, 5) is 26.0. The first kappa shape index (κ1) is 16.3. The van der Waals surface area contributed by atoms with Crippen LogP contribution in [-0.2, 0) is 9.59 Å². The van der Waals surface area contributed by atoms with Crippen molar-refractivity contribution in [3.8, 4) is 5.75 Å². The van der Waals surface area contributed by atoms with Crippen LogP contribution in [0.3, 0.4) is 0 Å². The highest BCUT2D eigenvalue weighted by atomic mass is 35.5. The lowest BCUT2D eigenvalue weighted by Gasteiger charge is -2.33. The summed E-state index contributed by atoms with van der Waals surface area (Å²) in [6.45, 7) is 3.51. The molecule has 1 heterocycles. The van der Waals surface area contributed by atoms with Crippen LogP contribution < -0.4 is 15.0 Å². The normalized spacial score (nSPS) is 16.1. The Balaban J connectivity index is 1.84. The minimum absolute atomic E-state index is 0.137. The summed E-state index contributed by atoms with van der Waals surface area (Å²) in [5.74, 6) is 0.0607. The number of para-hydroxylation sites is 2. The van der Waals surface area contributed by atoms with Crippen LogP contribution in [0.5, 0.6) is 5.75 Å². The molecule has 0 bridgehead atoms. The van der Waals surface area contributed by atoms with Gasteiger partial charge in [0.1, 0.15) is 5.75 Å². The van der Waals surface area contributed by atoms with Crippen LogP contribution in [-0.4, -0.2) is 24.5 Å². The van der Waals surface area contributed by atoms with Crippen molar-refractivity contribution < 1.29 is 14.3 Å². The molecule has 1 N–H and O–H groups in total. The predicted octanol–water partition coefficient (Wildman–Crippen LogP) is 3.40. The Kier molecular flexibility index (Phi) is 4.44. The molecule has 0 spiro atoms. The van der Waals surface area contributed by atoms with Crippen molar-refractivity contribution in [1.82, 2.24) is 0 Å². The highest BCUT2D eigenvalue weighted by Gasteiger charge is 2.32. The lowest BCUT2D eigenvalue weighted by atomic mass is 10.1. The number of hydrogen-bond donors (Lipinski definition) is 1. The average Bonchev–Trinajstić information content (AvgIpc) is 2.57. The van der Waals surface area contributed by atoms with Crippen molar-refractivity contribution >= 4 is 34.8 Å². The van der Waals surface area contributed by atoms with Gasteiger partial charge in [0.2, 0.25) is 5.91 Å². The van der Waals surface area contributed by atoms with Gasteiger partial charge in [-0.25, -0.2) is 0 Å². The van der Waals surface area contributed by atoms with Gasteiger partial charge in [0.15, 0.2) is 6.10 Å². The maximum atomic E-state index is 12.6. The van der Waals surface area contributed by atoms with E-state index >= 15 is 0 Å². The Labute approximate surface area is 145 Å². The van der Waals surface area contributed by atoms with Crippen LogP contribution in [0.2, 0.25) is 5.02 Å². The quantitative estimate of drug-likeness (QED) is 0.908. The number of benzene rings is 2. The topological polar surface area (TPSA) is 58.6 Å². The molecule has 2 aromatic carbocycles. The van der Waals surface area contributed by atoms with Gasteiger partial charge in [-0.05, 0) is 36.8 Å². The number of nitrogens with zero attached hydrogens (tertiary/aromatic N) is 1. The molecule has 1 aliphatic rings. The van der Waals surface area contributed by atoms with Crippen LogP contribution in [0.1, 0.15) is 12.5 Å². The van der Waals surface area contributed by atoms with E-state index in [1.165, 1.54) is 6.92 Å². The Bertz CT molecular complexity index is 807. The van der Waals surface area contributed by atoms with Gasteiger partial charge in [-0.2, -0.15) is 0 Å². The lowest BCUT2D eigenvalue weighted by molar-refractivity contribution is -0.123. The first-order valence-corrected chi connectivity index (χ1v) is 7.94. The van der Waals surface area contributed by atoms with Gasteiger partial charge >= 0.3 is 0 Å². The molecule has 1 atom stereocenters. The number of carbonyl (C=O) groups is 2. The molecule has 24 heavy (non-hydrogen) atoms. The number of rotatable bonds is 2. The first-order valence-electron chi connectivity index (χ1n) is 7.56. The third-order valence-electron chi connectivity index (χ3n) is 3.90. The Hall–Kier alpha value is -2.53. The molecule has 124 valence electrons. The molecule has 0 aromatic heterocycles. The van der Waals surface area contributed by atoms with Crippen molar-refractivity contribution in [3.05, 3.63) is 53.1 Å². The Morgan fingerprint density at radius 3 is 2.75 bits per heavy atom. The third kappa shape index (κ3) is 3.21. The van der Waals surface area contributed by atoms with Crippen LogP contribution in [0.25, 0.3) is 0 Å². The predicted molar refractivity (Wildman–Crippen MR) is 93.7 cm³/mol. The van der Waals surface area contributed by atoms with Gasteiger partial charge in [0.05, 0.1) is 12.2 Å². The molecule has 0 saturated carbocycles. The first-order chi connectivity index (χ1) is 11.5. The molecular weight excluding hydrogens is 328 g/mol. The van der Waals surface area contributed by atoms with Crippen molar-refractivity contribution in [2.75, 3.05) is 16.8 Å². The number of amides is 2. The number of hydrogen-bond acceptors (Lipinski definition) is 3. The van der Waals surface area contributed by atoms with Gasteiger partial charge in [0, 0.05) is 17.6 Å². The summed E-state index contributed by atoms with van der Waals surface area (Å²) >= 11 is 5.98. The number of aryl methyl sites for hydroxylation is 1. The van der Waals surface area contributed by atoms with Gasteiger partial charge in [-0.1, -0.05) is 29.8 Å². The van der Waals surface area contributed by atoms with Gasteiger partial charge in [-0.15, -0.1) is 0 Å². The lowest BCUT2D eigenvalue weighted by Crippen LogP contribution is -2.48. The third-order valence-corrected chi connectivity index (χ3v) is 4.14. The van der Waals surface area contributed by atoms with E-state index < -0.39 is 6.10 Å². The average molecular weight is 345 g/mol. The summed E-state index contributed by atoms with van der Waals surface area (Å²) in [5.41, 5.74) is 2.20. The van der Waals surface area contributed by atoms with E-state index in [4.69, 9.17) is 16.3 Å². The maximum Gasteiger partial charge on any atom is 0.267 e. The zero-order valence-corrected chi connectivity index (χ0v) is 14.1. The number of anilines is 2. The largest absolute Gasteiger partial charge is 0.476 e. The highest BCUT2D eigenvalue weighted by molar-refractivity contribution is 6.31. The summed E-state index contributed by atoms with van der Waals surface area (Å²) in [7, 11) is 0. The SMILES string of the molecule is CC(=O)N1CC(C(=O)Nc2cc(Cl)ccc2C)Oc2ccccc21. The summed E-state index contributed by atoms with van der Waals surface area (Å²) in [5, 5.41) is 3.36. The number of nitrogens with one attached hydrogen (secondary N) is 1. The monoisotopic (exact) mass is 344 g/mol. The Morgan fingerprint density at radius 2 is 2.00 bits per heavy atom. The van der Waals surface area contributed by atoms with Crippen LogP contribution in [0.4, 0.5) is 11.4 Å². The number of halogens is 1. The smallest absolute Gasteiger partial charge is 0.267 e. The molecular formula is C18H17ClN2O3. The van der Waals surface area contributed by atoms with E-state index in [1.54, 1.807) is 35.2 Å².